The van der Waals surface area contributed by atoms with Crippen molar-refractivity contribution in [1.82, 2.24) is 9.80 Å². The van der Waals surface area contributed by atoms with Crippen molar-refractivity contribution in [2.75, 3.05) is 39.6 Å². The van der Waals surface area contributed by atoms with Gasteiger partial charge >= 0.3 is 6.03 Å². The van der Waals surface area contributed by atoms with Gasteiger partial charge in [-0.25, -0.2) is 4.79 Å². The van der Waals surface area contributed by atoms with Crippen LogP contribution in [0.1, 0.15) is 31.4 Å². The largest absolute Gasteiger partial charge is 0.377 e. The number of nitrogens with zero attached hydrogens (tertiary/aromatic N) is 2. The summed E-state index contributed by atoms with van der Waals surface area (Å²) < 4.78 is 5.31. The molecule has 0 radical (unpaired) electrons. The molecule has 6 nitrogen and oxygen atoms in total. The maximum Gasteiger partial charge on any atom is 0.319 e. The Labute approximate surface area is 143 Å². The number of hydrogen-bond donors (Lipinski definition) is 1. The van der Waals surface area contributed by atoms with Gasteiger partial charge in [-0.3, -0.25) is 4.79 Å². The second-order valence-corrected chi connectivity index (χ2v) is 6.43. The lowest BCUT2D eigenvalue weighted by atomic mass is 9.96. The van der Waals surface area contributed by atoms with Crippen molar-refractivity contribution in [3.63, 3.8) is 0 Å². The van der Waals surface area contributed by atoms with Crippen LogP contribution in [0.15, 0.2) is 24.3 Å². The third kappa shape index (κ3) is 4.47. The summed E-state index contributed by atoms with van der Waals surface area (Å²) in [4.78, 5) is 27.8. The molecule has 1 unspecified atom stereocenters. The van der Waals surface area contributed by atoms with E-state index in [1.807, 2.05) is 31.2 Å². The van der Waals surface area contributed by atoms with Gasteiger partial charge in [-0.15, -0.1) is 0 Å². The Morgan fingerprint density at radius 1 is 1.29 bits per heavy atom. The lowest BCUT2D eigenvalue weighted by Gasteiger charge is -2.33. The van der Waals surface area contributed by atoms with Crippen molar-refractivity contribution >= 4 is 17.6 Å². The molecule has 1 aliphatic rings. The summed E-state index contributed by atoms with van der Waals surface area (Å²) in [6, 6.07) is 7.73. The zero-order valence-corrected chi connectivity index (χ0v) is 14.9. The number of ether oxygens (including phenoxy) is 1. The van der Waals surface area contributed by atoms with Crippen LogP contribution in [0.5, 0.6) is 0 Å². The number of nitrogens with one attached hydrogen (secondary N) is 1. The molecular weight excluding hydrogens is 306 g/mol. The van der Waals surface area contributed by atoms with Crippen molar-refractivity contribution in [1.29, 1.82) is 0 Å². The van der Waals surface area contributed by atoms with E-state index in [4.69, 9.17) is 4.74 Å². The number of rotatable bonds is 4. The minimum atomic E-state index is -0.0558. The second kappa shape index (κ2) is 8.15. The Bertz CT molecular complexity index is 581. The van der Waals surface area contributed by atoms with E-state index >= 15 is 0 Å². The highest BCUT2D eigenvalue weighted by atomic mass is 16.5. The van der Waals surface area contributed by atoms with Crippen molar-refractivity contribution < 1.29 is 14.3 Å². The molecule has 2 rings (SSSR count). The van der Waals surface area contributed by atoms with E-state index in [-0.39, 0.29) is 24.0 Å². The molecule has 1 N–H and O–H groups in total. The van der Waals surface area contributed by atoms with Gasteiger partial charge in [0.25, 0.3) is 0 Å². The van der Waals surface area contributed by atoms with Crippen molar-refractivity contribution in [2.24, 2.45) is 5.92 Å². The minimum absolute atomic E-state index is 0.00936. The van der Waals surface area contributed by atoms with Crippen molar-refractivity contribution in [2.45, 2.75) is 25.9 Å². The first-order chi connectivity index (χ1) is 11.4. The fourth-order valence-corrected chi connectivity index (χ4v) is 2.87. The molecule has 0 saturated carbocycles. The van der Waals surface area contributed by atoms with Crippen molar-refractivity contribution in [3.8, 4) is 0 Å². The number of urea groups is 1. The second-order valence-electron chi connectivity index (χ2n) is 6.43. The number of methoxy groups -OCH3 is 1. The van der Waals surface area contributed by atoms with E-state index < -0.39 is 0 Å². The first kappa shape index (κ1) is 18.3. The quantitative estimate of drug-likeness (QED) is 0.921. The lowest BCUT2D eigenvalue weighted by Crippen LogP contribution is -2.45. The highest BCUT2D eigenvalue weighted by Crippen LogP contribution is 2.23. The predicted octanol–water partition coefficient (Wildman–Crippen LogP) is 2.73. The lowest BCUT2D eigenvalue weighted by molar-refractivity contribution is -0.121. The summed E-state index contributed by atoms with van der Waals surface area (Å²) in [6.45, 7) is 3.21. The molecule has 0 spiro atoms. The van der Waals surface area contributed by atoms with E-state index in [9.17, 15) is 9.59 Å². The summed E-state index contributed by atoms with van der Waals surface area (Å²) in [5.41, 5.74) is 1.81. The number of carbonyl (C=O) groups excluding carboxylic acids is 2. The first-order valence-corrected chi connectivity index (χ1v) is 8.32. The third-order valence-electron chi connectivity index (χ3n) is 4.50. The highest BCUT2D eigenvalue weighted by Gasteiger charge is 2.28. The molecule has 24 heavy (non-hydrogen) atoms. The van der Waals surface area contributed by atoms with Gasteiger partial charge in [0.15, 0.2) is 0 Å². The number of hydrogen-bond acceptors (Lipinski definition) is 3. The zero-order valence-electron chi connectivity index (χ0n) is 14.9. The molecule has 1 atom stereocenters. The molecular formula is C18H27N3O3. The molecule has 0 bridgehead atoms. The van der Waals surface area contributed by atoms with Gasteiger partial charge in [0.2, 0.25) is 5.91 Å². The Morgan fingerprint density at radius 2 is 1.96 bits per heavy atom. The van der Waals surface area contributed by atoms with Gasteiger partial charge in [0.1, 0.15) is 0 Å². The molecule has 1 saturated heterocycles. The van der Waals surface area contributed by atoms with Crippen LogP contribution in [0.2, 0.25) is 0 Å². The first-order valence-electron chi connectivity index (χ1n) is 8.32. The van der Waals surface area contributed by atoms with Crippen LogP contribution < -0.4 is 5.32 Å². The van der Waals surface area contributed by atoms with Crippen molar-refractivity contribution in [3.05, 3.63) is 29.8 Å². The molecule has 6 heteroatoms. The van der Waals surface area contributed by atoms with Gasteiger partial charge in [0, 0.05) is 45.9 Å². The summed E-state index contributed by atoms with van der Waals surface area (Å²) in [5, 5.41) is 2.99. The summed E-state index contributed by atoms with van der Waals surface area (Å²) in [6.07, 6.45) is 1.38. The molecule has 1 aromatic rings. The normalized spacial score (nSPS) is 16.6. The van der Waals surface area contributed by atoms with Crippen LogP contribution in [0.4, 0.5) is 10.5 Å². The smallest absolute Gasteiger partial charge is 0.319 e. The molecule has 0 aromatic heterocycles. The molecule has 1 heterocycles. The molecule has 1 aromatic carbocycles. The molecule has 0 aliphatic carbocycles. The standard InChI is InChI=1S/C18H27N3O3/c1-13(24-4)15-6-5-7-16(12-15)19-17(22)14-8-10-21(11-9-14)18(23)20(2)3/h5-7,12-14H,8-11H2,1-4H3,(H,19,22). The van der Waals surface area contributed by atoms with E-state index in [0.29, 0.717) is 25.9 Å². The number of benzene rings is 1. The Hall–Kier alpha value is -2.08. The fraction of sp³-hybridized carbons (Fsp3) is 0.556. The van der Waals surface area contributed by atoms with E-state index in [1.54, 1.807) is 31.0 Å². The number of amides is 3. The number of carbonyl (C=O) groups is 2. The fourth-order valence-electron chi connectivity index (χ4n) is 2.87. The number of likely N-dealkylation sites (tertiary alicyclic amines) is 1. The molecule has 1 aliphatic heterocycles. The van der Waals surface area contributed by atoms with Crippen LogP contribution in [0.3, 0.4) is 0 Å². The van der Waals surface area contributed by atoms with E-state index in [0.717, 1.165) is 11.3 Å². The van der Waals surface area contributed by atoms with Gasteiger partial charge in [-0.1, -0.05) is 12.1 Å². The number of piperidine rings is 1. The van der Waals surface area contributed by atoms with Crippen LogP contribution in [0, 0.1) is 5.92 Å². The van der Waals surface area contributed by atoms with Crippen LogP contribution >= 0.6 is 0 Å². The van der Waals surface area contributed by atoms with Crippen LogP contribution in [0.25, 0.3) is 0 Å². The number of anilines is 1. The average Bonchev–Trinajstić information content (AvgIpc) is 2.60. The van der Waals surface area contributed by atoms with E-state index in [2.05, 4.69) is 5.32 Å². The Kier molecular flexibility index (Phi) is 6.20. The Morgan fingerprint density at radius 3 is 2.54 bits per heavy atom. The van der Waals surface area contributed by atoms with Crippen LogP contribution in [-0.4, -0.2) is 56.0 Å². The monoisotopic (exact) mass is 333 g/mol. The van der Waals surface area contributed by atoms with Gasteiger partial charge in [-0.2, -0.15) is 0 Å². The van der Waals surface area contributed by atoms with E-state index in [1.165, 1.54) is 0 Å². The molecule has 132 valence electrons. The predicted molar refractivity (Wildman–Crippen MR) is 93.9 cm³/mol. The van der Waals surface area contributed by atoms with Gasteiger partial charge in [-0.05, 0) is 37.5 Å². The summed E-state index contributed by atoms with van der Waals surface area (Å²) in [7, 11) is 5.16. The average molecular weight is 333 g/mol. The topological polar surface area (TPSA) is 61.9 Å². The Balaban J connectivity index is 1.91. The molecule has 1 fully saturated rings. The summed E-state index contributed by atoms with van der Waals surface area (Å²) in [5.74, 6) is -0.0334. The third-order valence-corrected chi connectivity index (χ3v) is 4.50. The maximum atomic E-state index is 12.5. The van der Waals surface area contributed by atoms with Gasteiger partial charge < -0.3 is 19.9 Å². The SMILES string of the molecule is COC(C)c1cccc(NC(=O)C2CCN(C(=O)N(C)C)CC2)c1. The van der Waals surface area contributed by atoms with Crippen LogP contribution in [-0.2, 0) is 9.53 Å². The summed E-state index contributed by atoms with van der Waals surface area (Å²) >= 11 is 0. The highest BCUT2D eigenvalue weighted by molar-refractivity contribution is 5.92. The molecule has 3 amide bonds. The zero-order chi connectivity index (χ0) is 17.7. The maximum absolute atomic E-state index is 12.5. The van der Waals surface area contributed by atoms with Gasteiger partial charge in [0.05, 0.1) is 6.10 Å². The minimum Gasteiger partial charge on any atom is -0.377 e.